The van der Waals surface area contributed by atoms with Crippen molar-refractivity contribution < 1.29 is 22.5 Å². The van der Waals surface area contributed by atoms with E-state index in [2.05, 4.69) is 0 Å². The van der Waals surface area contributed by atoms with E-state index < -0.39 is 9.84 Å². The third-order valence-electron chi connectivity index (χ3n) is 5.94. The fourth-order valence-corrected chi connectivity index (χ4v) is 6.38. The van der Waals surface area contributed by atoms with Crippen LogP contribution >= 0.6 is 0 Å². The van der Waals surface area contributed by atoms with Crippen LogP contribution in [0.2, 0.25) is 0 Å². The number of nitrogens with zero attached hydrogens (tertiary/aromatic N) is 1. The van der Waals surface area contributed by atoms with Gasteiger partial charge in [0.25, 0.3) is 5.91 Å². The van der Waals surface area contributed by atoms with E-state index in [0.717, 1.165) is 27.3 Å². The maximum atomic E-state index is 13.2. The lowest BCUT2D eigenvalue weighted by molar-refractivity contribution is -0.931. The Kier molecular flexibility index (Phi) is 4.75. The predicted molar refractivity (Wildman–Crippen MR) is 106 cm³/mol. The average molecular weight is 403 g/mol. The summed E-state index contributed by atoms with van der Waals surface area (Å²) in [6.07, 6.45) is 0. The second-order valence-electron chi connectivity index (χ2n) is 7.92. The molecule has 0 aliphatic carbocycles. The van der Waals surface area contributed by atoms with Crippen LogP contribution in [-0.4, -0.2) is 44.5 Å². The van der Waals surface area contributed by atoms with Crippen molar-refractivity contribution in [2.75, 3.05) is 23.0 Å². The number of carbonyl (C=O) groups is 1. The molecule has 2 heterocycles. The van der Waals surface area contributed by atoms with Crippen molar-refractivity contribution in [3.05, 3.63) is 65.0 Å². The minimum Gasteiger partial charge on any atom is -0.318 e. The fourth-order valence-electron chi connectivity index (χ4n) is 4.34. The molecule has 2 aromatic rings. The maximum Gasteiger partial charge on any atom is 0.282 e. The van der Waals surface area contributed by atoms with Gasteiger partial charge in [-0.25, -0.2) is 12.8 Å². The van der Waals surface area contributed by atoms with Crippen LogP contribution in [0.4, 0.5) is 10.1 Å². The van der Waals surface area contributed by atoms with E-state index in [1.165, 1.54) is 12.1 Å². The summed E-state index contributed by atoms with van der Waals surface area (Å²) in [4.78, 5) is 15.7. The summed E-state index contributed by atoms with van der Waals surface area (Å²) in [6, 6.07) is 11.4. The Morgan fingerprint density at radius 1 is 1.07 bits per heavy atom. The summed E-state index contributed by atoms with van der Waals surface area (Å²) < 4.78 is 38.1. The van der Waals surface area contributed by atoms with Gasteiger partial charge in [0.1, 0.15) is 30.2 Å². The molecule has 0 radical (unpaired) electrons. The maximum absolute atomic E-state index is 13.2. The number of benzene rings is 2. The number of sulfone groups is 1. The van der Waals surface area contributed by atoms with E-state index in [1.807, 2.05) is 32.0 Å². The van der Waals surface area contributed by atoms with Crippen molar-refractivity contribution in [2.24, 2.45) is 0 Å². The van der Waals surface area contributed by atoms with Gasteiger partial charge in [-0.15, -0.1) is 0 Å². The summed E-state index contributed by atoms with van der Waals surface area (Å²) in [5, 5.41) is 0. The van der Waals surface area contributed by atoms with Crippen LogP contribution in [0.1, 0.15) is 16.7 Å². The number of anilines is 1. The molecule has 5 nitrogen and oxygen atoms in total. The van der Waals surface area contributed by atoms with Gasteiger partial charge in [-0.3, -0.25) is 9.69 Å². The Hall–Kier alpha value is -2.25. The molecular weight excluding hydrogens is 379 g/mol. The highest BCUT2D eigenvalue weighted by atomic mass is 32.2. The molecule has 2 aliphatic heterocycles. The Labute approximate surface area is 164 Å². The normalized spacial score (nSPS) is 26.3. The Bertz CT molecular complexity index is 1020. The number of fused-ring (bicyclic) bond motifs is 1. The molecule has 1 N–H and O–H groups in total. The van der Waals surface area contributed by atoms with Crippen LogP contribution in [0.25, 0.3) is 0 Å². The van der Waals surface area contributed by atoms with Crippen LogP contribution in [0, 0.1) is 19.7 Å². The number of rotatable bonds is 3. The number of hydrogen-bond donors (Lipinski definition) is 1. The summed E-state index contributed by atoms with van der Waals surface area (Å²) in [6.45, 7) is 4.72. The standard InChI is InChI=1S/C21H23FN2O3S/c1-14-3-8-18(9-15(14)2)24-20-13-28(26,27)12-19(20)23(11-21(24)25)10-16-4-6-17(22)7-5-16/h3-9,19-20H,10-13H2,1-2H3/p+1/t19-,20-/m0/s1. The number of piperazine rings is 1. The van der Waals surface area contributed by atoms with Crippen molar-refractivity contribution in [3.63, 3.8) is 0 Å². The topological polar surface area (TPSA) is 58.9 Å². The van der Waals surface area contributed by atoms with Gasteiger partial charge in [0, 0.05) is 11.3 Å². The zero-order chi connectivity index (χ0) is 20.1. The fraction of sp³-hybridized carbons (Fsp3) is 0.381. The third-order valence-corrected chi connectivity index (χ3v) is 7.66. The summed E-state index contributed by atoms with van der Waals surface area (Å²) in [7, 11) is -3.22. The third kappa shape index (κ3) is 3.56. The van der Waals surface area contributed by atoms with Gasteiger partial charge in [0.2, 0.25) is 0 Å². The molecule has 0 aromatic heterocycles. The lowest BCUT2D eigenvalue weighted by Gasteiger charge is -2.41. The molecule has 28 heavy (non-hydrogen) atoms. The molecule has 2 saturated heterocycles. The van der Waals surface area contributed by atoms with Crippen LogP contribution in [0.5, 0.6) is 0 Å². The highest BCUT2D eigenvalue weighted by molar-refractivity contribution is 7.91. The molecule has 2 fully saturated rings. The lowest BCUT2D eigenvalue weighted by Crippen LogP contribution is -3.19. The molecule has 148 valence electrons. The molecule has 0 saturated carbocycles. The predicted octanol–water partition coefficient (Wildman–Crippen LogP) is 1.04. The van der Waals surface area contributed by atoms with Crippen molar-refractivity contribution in [1.82, 2.24) is 0 Å². The molecule has 1 amide bonds. The average Bonchev–Trinajstić information content (AvgIpc) is 2.95. The van der Waals surface area contributed by atoms with Gasteiger partial charge in [-0.05, 0) is 49.2 Å². The summed E-state index contributed by atoms with van der Waals surface area (Å²) in [5.41, 5.74) is 3.86. The smallest absolute Gasteiger partial charge is 0.282 e. The number of nitrogens with one attached hydrogen (secondary N) is 1. The zero-order valence-corrected chi connectivity index (χ0v) is 16.8. The zero-order valence-electron chi connectivity index (χ0n) is 16.0. The second kappa shape index (κ2) is 6.97. The molecular formula is C21H24FN2O3S+. The Morgan fingerprint density at radius 3 is 2.46 bits per heavy atom. The molecule has 0 spiro atoms. The minimum absolute atomic E-state index is 0.0107. The van der Waals surface area contributed by atoms with Gasteiger partial charge in [-0.1, -0.05) is 18.2 Å². The van der Waals surface area contributed by atoms with Crippen LogP contribution in [-0.2, 0) is 21.2 Å². The first-order valence-corrected chi connectivity index (χ1v) is 11.2. The highest BCUT2D eigenvalue weighted by Crippen LogP contribution is 2.27. The lowest BCUT2D eigenvalue weighted by atomic mass is 10.0. The summed E-state index contributed by atoms with van der Waals surface area (Å²) in [5.74, 6) is -0.319. The van der Waals surface area contributed by atoms with Crippen LogP contribution in [0.15, 0.2) is 42.5 Å². The van der Waals surface area contributed by atoms with E-state index in [4.69, 9.17) is 0 Å². The van der Waals surface area contributed by atoms with Gasteiger partial charge in [0.05, 0.1) is 5.75 Å². The molecule has 2 aromatic carbocycles. The number of amides is 1. The molecule has 4 rings (SSSR count). The van der Waals surface area contributed by atoms with Gasteiger partial charge < -0.3 is 4.90 Å². The van der Waals surface area contributed by atoms with E-state index >= 15 is 0 Å². The van der Waals surface area contributed by atoms with Crippen LogP contribution < -0.4 is 9.80 Å². The van der Waals surface area contributed by atoms with E-state index in [1.54, 1.807) is 17.0 Å². The quantitative estimate of drug-likeness (QED) is 0.833. The number of hydrogen-bond acceptors (Lipinski definition) is 3. The molecule has 2 aliphatic rings. The molecule has 7 heteroatoms. The van der Waals surface area contributed by atoms with Gasteiger partial charge in [-0.2, -0.15) is 0 Å². The van der Waals surface area contributed by atoms with Crippen molar-refractivity contribution in [1.29, 1.82) is 0 Å². The largest absolute Gasteiger partial charge is 0.318 e. The Morgan fingerprint density at radius 2 is 1.79 bits per heavy atom. The molecule has 1 unspecified atom stereocenters. The first-order chi connectivity index (χ1) is 13.2. The van der Waals surface area contributed by atoms with Gasteiger partial charge >= 0.3 is 0 Å². The number of quaternary nitrogens is 1. The Balaban J connectivity index is 1.67. The van der Waals surface area contributed by atoms with Crippen molar-refractivity contribution in [2.45, 2.75) is 32.5 Å². The van der Waals surface area contributed by atoms with Crippen molar-refractivity contribution >= 4 is 21.4 Å². The van der Waals surface area contributed by atoms with Gasteiger partial charge in [0.15, 0.2) is 16.4 Å². The molecule has 3 atom stereocenters. The van der Waals surface area contributed by atoms with E-state index in [-0.39, 0.29) is 41.9 Å². The highest BCUT2D eigenvalue weighted by Gasteiger charge is 2.52. The monoisotopic (exact) mass is 403 g/mol. The van der Waals surface area contributed by atoms with Crippen LogP contribution in [0.3, 0.4) is 0 Å². The van der Waals surface area contributed by atoms with Crippen molar-refractivity contribution in [3.8, 4) is 0 Å². The number of carbonyl (C=O) groups excluding carboxylic acids is 1. The van der Waals surface area contributed by atoms with E-state index in [0.29, 0.717) is 6.54 Å². The summed E-state index contributed by atoms with van der Waals surface area (Å²) >= 11 is 0. The number of halogens is 1. The second-order valence-corrected chi connectivity index (χ2v) is 10.1. The first-order valence-electron chi connectivity index (χ1n) is 9.42. The minimum atomic E-state index is -3.22. The molecule has 0 bridgehead atoms. The number of aryl methyl sites for hydroxylation is 2. The first kappa shape index (κ1) is 19.1. The SMILES string of the molecule is Cc1ccc(N2C(=O)C[NH+](Cc3ccc(F)cc3)[C@H]3CS(=O)(=O)C[C@@H]32)cc1C. The van der Waals surface area contributed by atoms with E-state index in [9.17, 15) is 17.6 Å².